The Balaban J connectivity index is 3.26. The van der Waals surface area contributed by atoms with Gasteiger partial charge in [-0.25, -0.2) is 4.79 Å². The van der Waals surface area contributed by atoms with Crippen LogP contribution in [0.15, 0.2) is 18.2 Å². The van der Waals surface area contributed by atoms with Crippen LogP contribution >= 0.6 is 0 Å². The third kappa shape index (κ3) is 4.47. The van der Waals surface area contributed by atoms with E-state index in [1.54, 1.807) is 4.90 Å². The van der Waals surface area contributed by atoms with E-state index in [4.69, 9.17) is 11.1 Å². The molecule has 0 atom stereocenters. The van der Waals surface area contributed by atoms with Crippen LogP contribution in [-0.2, 0) is 12.8 Å². The van der Waals surface area contributed by atoms with Gasteiger partial charge in [0, 0.05) is 13.1 Å². The molecule has 0 saturated heterocycles. The van der Waals surface area contributed by atoms with E-state index in [2.05, 4.69) is 32.9 Å². The molecule has 1 rings (SSSR count). The molecule has 0 aliphatic heterocycles. The number of carbonyl (C=O) groups is 1. The molecule has 0 aliphatic carbocycles. The summed E-state index contributed by atoms with van der Waals surface area (Å²) in [7, 11) is 0. The summed E-state index contributed by atoms with van der Waals surface area (Å²) in [6, 6.07) is 5.96. The molecule has 0 radical (unpaired) electrons. The Bertz CT molecular complexity index is 520. The fourth-order valence-electron chi connectivity index (χ4n) is 2.73. The van der Waals surface area contributed by atoms with E-state index in [-0.39, 0.29) is 12.0 Å². The van der Waals surface area contributed by atoms with Crippen molar-refractivity contribution in [3.8, 4) is 0 Å². The number of benzene rings is 1. The third-order valence-corrected chi connectivity index (χ3v) is 4.04. The smallest absolute Gasteiger partial charge is 0.331 e. The van der Waals surface area contributed by atoms with Crippen LogP contribution in [0, 0.1) is 5.41 Å². The lowest BCUT2D eigenvalue weighted by atomic mass is 10.0. The molecule has 23 heavy (non-hydrogen) atoms. The van der Waals surface area contributed by atoms with Crippen molar-refractivity contribution in [2.75, 3.05) is 18.0 Å². The molecular formula is C18H30N4O. The molecule has 3 N–H and O–H groups in total. The van der Waals surface area contributed by atoms with E-state index in [9.17, 15) is 4.79 Å². The molecule has 0 spiro atoms. The van der Waals surface area contributed by atoms with Gasteiger partial charge in [0.2, 0.25) is 0 Å². The predicted molar refractivity (Wildman–Crippen MR) is 97.1 cm³/mol. The zero-order chi connectivity index (χ0) is 17.4. The minimum absolute atomic E-state index is 0.186. The van der Waals surface area contributed by atoms with E-state index < -0.39 is 0 Å². The highest BCUT2D eigenvalue weighted by Gasteiger charge is 2.25. The van der Waals surface area contributed by atoms with E-state index in [0.717, 1.165) is 42.5 Å². The minimum atomic E-state index is -0.205. The Hall–Kier alpha value is -2.04. The number of amides is 2. The number of urea groups is 1. The van der Waals surface area contributed by atoms with Crippen molar-refractivity contribution in [2.24, 2.45) is 5.73 Å². The van der Waals surface area contributed by atoms with Crippen LogP contribution in [0.5, 0.6) is 0 Å². The number of guanidine groups is 1. The number of aryl methyl sites for hydroxylation is 2. The van der Waals surface area contributed by atoms with Gasteiger partial charge in [0.15, 0.2) is 5.96 Å². The number of hydrogen-bond acceptors (Lipinski definition) is 2. The maximum absolute atomic E-state index is 13.0. The van der Waals surface area contributed by atoms with E-state index in [0.29, 0.717) is 13.1 Å². The average Bonchev–Trinajstić information content (AvgIpc) is 2.55. The Morgan fingerprint density at radius 3 is 2.09 bits per heavy atom. The second-order valence-corrected chi connectivity index (χ2v) is 5.55. The lowest BCUT2D eigenvalue weighted by Crippen LogP contribution is -2.49. The standard InChI is InChI=1S/C18H30N4O/c1-5-9-13-22(17(19)20)18(23)21(8-4)16-14(6-2)11-10-12-15(16)7-3/h10-12H,5-9,13H2,1-4H3,(H3,19,20). The summed E-state index contributed by atoms with van der Waals surface area (Å²) in [4.78, 5) is 16.1. The Morgan fingerprint density at radius 1 is 1.13 bits per heavy atom. The summed E-state index contributed by atoms with van der Waals surface area (Å²) >= 11 is 0. The van der Waals surface area contributed by atoms with Crippen LogP contribution in [0.4, 0.5) is 10.5 Å². The first-order valence-electron chi connectivity index (χ1n) is 8.55. The molecule has 128 valence electrons. The number of hydrogen-bond donors (Lipinski definition) is 2. The van der Waals surface area contributed by atoms with Gasteiger partial charge in [-0.15, -0.1) is 0 Å². The largest absolute Gasteiger partial charge is 0.370 e. The summed E-state index contributed by atoms with van der Waals surface area (Å²) in [6.07, 6.45) is 3.51. The van der Waals surface area contributed by atoms with E-state index in [1.807, 2.05) is 13.0 Å². The van der Waals surface area contributed by atoms with Crippen molar-refractivity contribution in [3.05, 3.63) is 29.3 Å². The van der Waals surface area contributed by atoms with Crippen molar-refractivity contribution in [2.45, 2.75) is 53.4 Å². The molecule has 0 heterocycles. The van der Waals surface area contributed by atoms with E-state index >= 15 is 0 Å². The van der Waals surface area contributed by atoms with Crippen molar-refractivity contribution in [1.29, 1.82) is 5.41 Å². The minimum Gasteiger partial charge on any atom is -0.370 e. The number of nitrogens with two attached hydrogens (primary N) is 1. The van der Waals surface area contributed by atoms with Crippen LogP contribution in [0.25, 0.3) is 0 Å². The molecule has 0 bridgehead atoms. The van der Waals surface area contributed by atoms with Gasteiger partial charge in [0.25, 0.3) is 0 Å². The molecule has 0 fully saturated rings. The van der Waals surface area contributed by atoms with Crippen molar-refractivity contribution in [1.82, 2.24) is 4.90 Å². The number of anilines is 1. The highest BCUT2D eigenvalue weighted by Crippen LogP contribution is 2.28. The Labute approximate surface area is 140 Å². The molecule has 5 heteroatoms. The van der Waals surface area contributed by atoms with Crippen molar-refractivity contribution >= 4 is 17.7 Å². The number of rotatable bonds is 7. The van der Waals surface area contributed by atoms with Gasteiger partial charge in [0.05, 0.1) is 5.69 Å². The topological polar surface area (TPSA) is 73.4 Å². The van der Waals surface area contributed by atoms with Gasteiger partial charge in [-0.05, 0) is 37.3 Å². The normalized spacial score (nSPS) is 10.4. The van der Waals surface area contributed by atoms with E-state index in [1.165, 1.54) is 4.90 Å². The average molecular weight is 318 g/mol. The number of nitrogens with one attached hydrogen (secondary N) is 1. The molecule has 1 aromatic carbocycles. The summed E-state index contributed by atoms with van der Waals surface area (Å²) in [5.74, 6) is -0.186. The Kier molecular flexibility index (Phi) is 7.59. The van der Waals surface area contributed by atoms with Gasteiger partial charge >= 0.3 is 6.03 Å². The van der Waals surface area contributed by atoms with Crippen LogP contribution < -0.4 is 10.6 Å². The van der Waals surface area contributed by atoms with Crippen molar-refractivity contribution in [3.63, 3.8) is 0 Å². The molecule has 5 nitrogen and oxygen atoms in total. The summed E-state index contributed by atoms with van der Waals surface area (Å²) < 4.78 is 0. The number of unbranched alkanes of at least 4 members (excludes halogenated alkanes) is 1. The quantitative estimate of drug-likeness (QED) is 0.593. The molecule has 0 aliphatic rings. The summed E-state index contributed by atoms with van der Waals surface area (Å²) in [5, 5.41) is 7.74. The third-order valence-electron chi connectivity index (χ3n) is 4.04. The number of para-hydroxylation sites is 1. The van der Waals surface area contributed by atoms with Crippen molar-refractivity contribution < 1.29 is 4.79 Å². The first-order valence-corrected chi connectivity index (χ1v) is 8.55. The second kappa shape index (κ2) is 9.18. The monoisotopic (exact) mass is 318 g/mol. The maximum atomic E-state index is 13.0. The fourth-order valence-corrected chi connectivity index (χ4v) is 2.73. The van der Waals surface area contributed by atoms with Gasteiger partial charge in [-0.2, -0.15) is 0 Å². The van der Waals surface area contributed by atoms with Gasteiger partial charge < -0.3 is 5.73 Å². The maximum Gasteiger partial charge on any atom is 0.331 e. The molecule has 0 unspecified atom stereocenters. The first kappa shape index (κ1) is 19.0. The predicted octanol–water partition coefficient (Wildman–Crippen LogP) is 3.75. The summed E-state index contributed by atoms with van der Waals surface area (Å²) in [5.41, 5.74) is 8.93. The number of nitrogens with zero attached hydrogens (tertiary/aromatic N) is 2. The zero-order valence-electron chi connectivity index (χ0n) is 14.9. The Morgan fingerprint density at radius 2 is 1.70 bits per heavy atom. The van der Waals surface area contributed by atoms with Crippen LogP contribution in [0.1, 0.15) is 51.7 Å². The second-order valence-electron chi connectivity index (χ2n) is 5.55. The van der Waals surface area contributed by atoms with Crippen LogP contribution in [-0.4, -0.2) is 30.0 Å². The fraction of sp³-hybridized carbons (Fsp3) is 0.556. The SMILES string of the molecule is CCCCN(C(=N)N)C(=O)N(CC)c1c(CC)cccc1CC. The van der Waals surface area contributed by atoms with Crippen LogP contribution in [0.2, 0.25) is 0 Å². The lowest BCUT2D eigenvalue weighted by molar-refractivity contribution is 0.226. The van der Waals surface area contributed by atoms with Gasteiger partial charge in [-0.1, -0.05) is 45.4 Å². The lowest BCUT2D eigenvalue weighted by Gasteiger charge is -2.31. The molecule has 1 aromatic rings. The number of carbonyl (C=O) groups excluding carboxylic acids is 1. The first-order chi connectivity index (χ1) is 11.0. The van der Waals surface area contributed by atoms with Crippen LogP contribution in [0.3, 0.4) is 0 Å². The highest BCUT2D eigenvalue weighted by atomic mass is 16.2. The van der Waals surface area contributed by atoms with Gasteiger partial charge in [0.1, 0.15) is 0 Å². The molecular weight excluding hydrogens is 288 g/mol. The summed E-state index contributed by atoms with van der Waals surface area (Å²) in [6.45, 7) is 9.24. The highest BCUT2D eigenvalue weighted by molar-refractivity contribution is 6.03. The molecule has 2 amide bonds. The molecule has 0 saturated carbocycles. The van der Waals surface area contributed by atoms with Gasteiger partial charge in [-0.3, -0.25) is 15.2 Å². The zero-order valence-corrected chi connectivity index (χ0v) is 14.9. The molecule has 0 aromatic heterocycles.